The minimum absolute atomic E-state index is 0.000233. The van der Waals surface area contributed by atoms with Gasteiger partial charge in [-0.3, -0.25) is 0 Å². The van der Waals surface area contributed by atoms with Crippen LogP contribution in [0, 0.1) is 17.2 Å². The van der Waals surface area contributed by atoms with Crippen LogP contribution in [0.5, 0.6) is 0 Å². The molecule has 4 nitrogen and oxygen atoms in total. The zero-order valence-corrected chi connectivity index (χ0v) is 10.9. The Morgan fingerprint density at radius 1 is 1.53 bits per heavy atom. The number of aromatic nitrogens is 1. The number of anilines is 1. The van der Waals surface area contributed by atoms with Gasteiger partial charge in [-0.15, -0.1) is 0 Å². The maximum atomic E-state index is 8.85. The minimum atomic E-state index is -0.000233. The van der Waals surface area contributed by atoms with Crippen molar-refractivity contribution in [1.29, 1.82) is 5.26 Å². The third kappa shape index (κ3) is 3.43. The van der Waals surface area contributed by atoms with Gasteiger partial charge in [0.25, 0.3) is 0 Å². The number of hydrogen-bond acceptors (Lipinski definition) is 4. The fourth-order valence-electron chi connectivity index (χ4n) is 1.76. The monoisotopic (exact) mass is 232 g/mol. The van der Waals surface area contributed by atoms with E-state index in [1.165, 1.54) is 0 Å². The summed E-state index contributed by atoms with van der Waals surface area (Å²) in [5, 5.41) is 12.1. The molecule has 0 fully saturated rings. The van der Waals surface area contributed by atoms with Crippen molar-refractivity contribution in [2.45, 2.75) is 19.9 Å². The Kier molecular flexibility index (Phi) is 4.92. The highest BCUT2D eigenvalue weighted by molar-refractivity contribution is 5.47. The van der Waals surface area contributed by atoms with E-state index in [1.54, 1.807) is 6.20 Å². The van der Waals surface area contributed by atoms with Crippen molar-refractivity contribution >= 4 is 5.82 Å². The van der Waals surface area contributed by atoms with Crippen molar-refractivity contribution in [1.82, 2.24) is 10.3 Å². The van der Waals surface area contributed by atoms with E-state index in [0.29, 0.717) is 6.54 Å². The minimum Gasteiger partial charge on any atom is -0.358 e. The topological polar surface area (TPSA) is 52.0 Å². The van der Waals surface area contributed by atoms with Crippen molar-refractivity contribution in [2.75, 3.05) is 25.5 Å². The van der Waals surface area contributed by atoms with Crippen LogP contribution in [-0.2, 0) is 0 Å². The molecule has 0 aliphatic carbocycles. The normalized spacial score (nSPS) is 13.8. The molecule has 0 saturated heterocycles. The number of rotatable bonds is 5. The molecule has 0 amide bonds. The first-order chi connectivity index (χ1) is 8.10. The second-order valence-corrected chi connectivity index (χ2v) is 4.34. The Labute approximate surface area is 103 Å². The predicted octanol–water partition coefficient (Wildman–Crippen LogP) is 1.96. The van der Waals surface area contributed by atoms with E-state index in [4.69, 9.17) is 5.26 Å². The molecular formula is C13H20N4. The van der Waals surface area contributed by atoms with Gasteiger partial charge in [-0.25, -0.2) is 4.98 Å². The average molecular weight is 232 g/mol. The maximum absolute atomic E-state index is 8.85. The van der Waals surface area contributed by atoms with Crippen LogP contribution in [0.4, 0.5) is 5.82 Å². The van der Waals surface area contributed by atoms with Crippen molar-refractivity contribution in [3.63, 3.8) is 0 Å². The first-order valence-corrected chi connectivity index (χ1v) is 5.83. The molecule has 17 heavy (non-hydrogen) atoms. The van der Waals surface area contributed by atoms with Gasteiger partial charge in [0.1, 0.15) is 5.82 Å². The molecule has 1 aromatic rings. The average Bonchev–Trinajstić information content (AvgIpc) is 2.37. The van der Waals surface area contributed by atoms with Gasteiger partial charge < -0.3 is 10.2 Å². The Bertz CT molecular complexity index is 397. The Morgan fingerprint density at radius 2 is 2.24 bits per heavy atom. The fraction of sp³-hybridized carbons (Fsp3) is 0.538. The van der Waals surface area contributed by atoms with E-state index in [1.807, 2.05) is 32.0 Å². The number of nitrogens with one attached hydrogen (secondary N) is 1. The van der Waals surface area contributed by atoms with E-state index >= 15 is 0 Å². The molecule has 0 aliphatic rings. The summed E-state index contributed by atoms with van der Waals surface area (Å²) in [5.41, 5.74) is 1.16. The zero-order valence-electron chi connectivity index (χ0n) is 10.9. The summed E-state index contributed by atoms with van der Waals surface area (Å²) in [7, 11) is 3.90. The summed E-state index contributed by atoms with van der Waals surface area (Å²) >= 11 is 0. The molecule has 0 bridgehead atoms. The first-order valence-electron chi connectivity index (χ1n) is 5.83. The quantitative estimate of drug-likeness (QED) is 0.843. The van der Waals surface area contributed by atoms with E-state index in [2.05, 4.69) is 29.4 Å². The molecule has 4 heteroatoms. The summed E-state index contributed by atoms with van der Waals surface area (Å²) in [5.74, 6) is 0.941. The Balaban J connectivity index is 2.93. The molecule has 0 aromatic carbocycles. The third-order valence-electron chi connectivity index (χ3n) is 2.85. The third-order valence-corrected chi connectivity index (χ3v) is 2.85. The lowest BCUT2D eigenvalue weighted by Crippen LogP contribution is -2.27. The summed E-state index contributed by atoms with van der Waals surface area (Å²) in [6.07, 6.45) is 1.79. The SMILES string of the molecule is CNC(C)c1cccnc1N(C)CC(C)C#N. The highest BCUT2D eigenvalue weighted by Crippen LogP contribution is 2.23. The molecule has 1 heterocycles. The van der Waals surface area contributed by atoms with Gasteiger partial charge >= 0.3 is 0 Å². The molecule has 0 spiro atoms. The number of pyridine rings is 1. The van der Waals surface area contributed by atoms with Crippen LogP contribution < -0.4 is 10.2 Å². The summed E-state index contributed by atoms with van der Waals surface area (Å²) in [6, 6.07) is 6.50. The molecule has 0 aliphatic heterocycles. The summed E-state index contributed by atoms with van der Waals surface area (Å²) in [6.45, 7) is 4.71. The molecule has 2 atom stereocenters. The standard InChI is InChI=1S/C13H20N4/c1-10(8-14)9-17(4)13-12(11(2)15-3)6-5-7-16-13/h5-7,10-11,15H,9H2,1-4H3. The number of nitrogens with zero attached hydrogens (tertiary/aromatic N) is 3. The summed E-state index contributed by atoms with van der Waals surface area (Å²) in [4.78, 5) is 6.45. The Hall–Kier alpha value is -1.60. The van der Waals surface area contributed by atoms with Gasteiger partial charge in [0.15, 0.2) is 0 Å². The van der Waals surface area contributed by atoms with Gasteiger partial charge in [0, 0.05) is 31.4 Å². The highest BCUT2D eigenvalue weighted by Gasteiger charge is 2.14. The van der Waals surface area contributed by atoms with Crippen LogP contribution >= 0.6 is 0 Å². The van der Waals surface area contributed by atoms with Crippen LogP contribution in [0.2, 0.25) is 0 Å². The fourth-order valence-corrected chi connectivity index (χ4v) is 1.76. The van der Waals surface area contributed by atoms with Gasteiger partial charge in [-0.2, -0.15) is 5.26 Å². The van der Waals surface area contributed by atoms with E-state index in [0.717, 1.165) is 11.4 Å². The second-order valence-electron chi connectivity index (χ2n) is 4.34. The van der Waals surface area contributed by atoms with Crippen molar-refractivity contribution in [3.05, 3.63) is 23.9 Å². The van der Waals surface area contributed by atoms with Gasteiger partial charge in [-0.1, -0.05) is 6.07 Å². The van der Waals surface area contributed by atoms with Crippen LogP contribution in [0.1, 0.15) is 25.5 Å². The van der Waals surface area contributed by atoms with Crippen LogP contribution in [-0.4, -0.2) is 25.6 Å². The molecule has 1 N–H and O–H groups in total. The van der Waals surface area contributed by atoms with Crippen molar-refractivity contribution in [2.24, 2.45) is 5.92 Å². The maximum Gasteiger partial charge on any atom is 0.133 e. The van der Waals surface area contributed by atoms with Crippen LogP contribution in [0.25, 0.3) is 0 Å². The van der Waals surface area contributed by atoms with E-state index < -0.39 is 0 Å². The zero-order chi connectivity index (χ0) is 12.8. The van der Waals surface area contributed by atoms with Crippen LogP contribution in [0.3, 0.4) is 0 Å². The largest absolute Gasteiger partial charge is 0.358 e. The van der Waals surface area contributed by atoms with Gasteiger partial charge in [-0.05, 0) is 27.0 Å². The van der Waals surface area contributed by atoms with Gasteiger partial charge in [0.2, 0.25) is 0 Å². The van der Waals surface area contributed by atoms with Gasteiger partial charge in [0.05, 0.1) is 12.0 Å². The van der Waals surface area contributed by atoms with Crippen molar-refractivity contribution in [3.8, 4) is 6.07 Å². The number of hydrogen-bond donors (Lipinski definition) is 1. The molecule has 92 valence electrons. The Morgan fingerprint density at radius 3 is 2.82 bits per heavy atom. The molecule has 1 rings (SSSR count). The lowest BCUT2D eigenvalue weighted by Gasteiger charge is -2.24. The lowest BCUT2D eigenvalue weighted by atomic mass is 10.1. The highest BCUT2D eigenvalue weighted by atomic mass is 15.2. The molecule has 0 saturated carbocycles. The molecule has 1 aromatic heterocycles. The first kappa shape index (κ1) is 13.5. The number of nitriles is 1. The van der Waals surface area contributed by atoms with E-state index in [9.17, 15) is 0 Å². The van der Waals surface area contributed by atoms with Crippen molar-refractivity contribution < 1.29 is 0 Å². The second kappa shape index (κ2) is 6.21. The molecular weight excluding hydrogens is 212 g/mol. The lowest BCUT2D eigenvalue weighted by molar-refractivity contribution is 0.639. The molecule has 2 unspecified atom stereocenters. The smallest absolute Gasteiger partial charge is 0.133 e. The summed E-state index contributed by atoms with van der Waals surface area (Å²) < 4.78 is 0. The molecule has 0 radical (unpaired) electrons. The predicted molar refractivity (Wildman–Crippen MR) is 69.8 cm³/mol. The van der Waals surface area contributed by atoms with Crippen LogP contribution in [0.15, 0.2) is 18.3 Å². The van der Waals surface area contributed by atoms with E-state index in [-0.39, 0.29) is 12.0 Å².